The maximum atomic E-state index is 12.4. The number of rotatable bonds is 6. The van der Waals surface area contributed by atoms with Crippen molar-refractivity contribution in [3.8, 4) is 0 Å². The number of ether oxygens (including phenoxy) is 2. The zero-order chi connectivity index (χ0) is 18.4. The van der Waals surface area contributed by atoms with Gasteiger partial charge in [-0.2, -0.15) is 0 Å². The van der Waals surface area contributed by atoms with Crippen LogP contribution >= 0.6 is 0 Å². The SMILES string of the molecule is CCCCOC(=O)/N=C1/N(C(=O)OCCCC)CC2CC(C)(C)CN12. The zero-order valence-corrected chi connectivity index (χ0v) is 15.9. The summed E-state index contributed by atoms with van der Waals surface area (Å²) < 4.78 is 10.5. The van der Waals surface area contributed by atoms with Crippen LogP contribution in [0.15, 0.2) is 4.99 Å². The summed E-state index contributed by atoms with van der Waals surface area (Å²) in [5.41, 5.74) is 0.135. The minimum atomic E-state index is -0.639. The summed E-state index contributed by atoms with van der Waals surface area (Å²) in [6.07, 6.45) is 3.42. The molecule has 0 aromatic rings. The highest BCUT2D eigenvalue weighted by Crippen LogP contribution is 2.38. The van der Waals surface area contributed by atoms with Crippen LogP contribution in [0.2, 0.25) is 0 Å². The average molecular weight is 353 g/mol. The molecule has 2 fully saturated rings. The van der Waals surface area contributed by atoms with Crippen LogP contribution in [0.5, 0.6) is 0 Å². The van der Waals surface area contributed by atoms with Crippen LogP contribution in [0, 0.1) is 5.41 Å². The third kappa shape index (κ3) is 5.09. The lowest BCUT2D eigenvalue weighted by molar-refractivity contribution is 0.121. The number of guanidine groups is 1. The van der Waals surface area contributed by atoms with Crippen LogP contribution < -0.4 is 0 Å². The second-order valence-corrected chi connectivity index (χ2v) is 7.61. The first-order chi connectivity index (χ1) is 11.9. The molecule has 2 rings (SSSR count). The molecule has 0 aromatic carbocycles. The van der Waals surface area contributed by atoms with E-state index in [0.29, 0.717) is 25.7 Å². The minimum absolute atomic E-state index is 0.135. The molecule has 0 radical (unpaired) electrons. The monoisotopic (exact) mass is 353 g/mol. The Morgan fingerprint density at radius 2 is 1.80 bits per heavy atom. The molecule has 2 saturated heterocycles. The first kappa shape index (κ1) is 19.5. The van der Waals surface area contributed by atoms with Gasteiger partial charge >= 0.3 is 12.2 Å². The standard InChI is InChI=1S/C18H31N3O4/c1-5-7-9-24-16(22)19-15-20(17(23)25-10-8-6-2)12-14-11-18(3,4)13-21(14)15/h14H,5-13H2,1-4H3/b19-15-. The van der Waals surface area contributed by atoms with E-state index in [-0.39, 0.29) is 11.5 Å². The fourth-order valence-electron chi connectivity index (χ4n) is 3.33. The van der Waals surface area contributed by atoms with Gasteiger partial charge in [0.05, 0.1) is 25.8 Å². The first-order valence-electron chi connectivity index (χ1n) is 9.34. The van der Waals surface area contributed by atoms with Crippen LogP contribution in [0.4, 0.5) is 9.59 Å². The highest BCUT2D eigenvalue weighted by Gasteiger charge is 2.48. The molecule has 0 saturated carbocycles. The quantitative estimate of drug-likeness (QED) is 0.682. The Labute approximate surface area is 150 Å². The fraction of sp³-hybridized carbons (Fsp3) is 0.833. The van der Waals surface area contributed by atoms with Crippen molar-refractivity contribution in [1.29, 1.82) is 0 Å². The Kier molecular flexibility index (Phi) is 6.67. The van der Waals surface area contributed by atoms with E-state index in [4.69, 9.17) is 9.47 Å². The van der Waals surface area contributed by atoms with Crippen molar-refractivity contribution in [2.45, 2.75) is 65.8 Å². The highest BCUT2D eigenvalue weighted by molar-refractivity contribution is 6.00. The Bertz CT molecular complexity index is 518. The van der Waals surface area contributed by atoms with Gasteiger partial charge in [-0.15, -0.1) is 4.99 Å². The zero-order valence-electron chi connectivity index (χ0n) is 15.9. The van der Waals surface area contributed by atoms with Crippen molar-refractivity contribution in [2.75, 3.05) is 26.3 Å². The third-order valence-electron chi connectivity index (χ3n) is 4.58. The van der Waals surface area contributed by atoms with Crippen molar-refractivity contribution in [3.63, 3.8) is 0 Å². The molecule has 7 heteroatoms. The Morgan fingerprint density at radius 3 is 2.44 bits per heavy atom. The molecular formula is C18H31N3O4. The molecule has 7 nitrogen and oxygen atoms in total. The van der Waals surface area contributed by atoms with Crippen LogP contribution in [0.25, 0.3) is 0 Å². The van der Waals surface area contributed by atoms with Crippen molar-refractivity contribution < 1.29 is 19.1 Å². The van der Waals surface area contributed by atoms with E-state index >= 15 is 0 Å². The molecule has 0 spiro atoms. The lowest BCUT2D eigenvalue weighted by Gasteiger charge is -2.24. The lowest BCUT2D eigenvalue weighted by Crippen LogP contribution is -2.40. The van der Waals surface area contributed by atoms with Crippen LogP contribution in [-0.2, 0) is 9.47 Å². The number of unbranched alkanes of at least 4 members (excludes halogenated alkanes) is 2. The molecule has 142 valence electrons. The van der Waals surface area contributed by atoms with Crippen molar-refractivity contribution in [3.05, 3.63) is 0 Å². The van der Waals surface area contributed by atoms with Gasteiger partial charge in [0.15, 0.2) is 0 Å². The van der Waals surface area contributed by atoms with Gasteiger partial charge in [0.1, 0.15) is 0 Å². The number of fused-ring (bicyclic) bond motifs is 1. The van der Waals surface area contributed by atoms with Crippen molar-refractivity contribution in [2.24, 2.45) is 10.4 Å². The number of carbonyl (C=O) groups excluding carboxylic acids is 2. The Balaban J connectivity index is 2.09. The summed E-state index contributed by atoms with van der Waals surface area (Å²) in [6, 6.07) is 0.177. The largest absolute Gasteiger partial charge is 0.449 e. The van der Waals surface area contributed by atoms with Gasteiger partial charge in [-0.3, -0.25) is 0 Å². The fourth-order valence-corrected chi connectivity index (χ4v) is 3.33. The smallest absolute Gasteiger partial charge is 0.436 e. The summed E-state index contributed by atoms with van der Waals surface area (Å²) in [4.78, 5) is 32.1. The number of amides is 2. The number of hydrogen-bond donors (Lipinski definition) is 0. The normalized spacial score (nSPS) is 23.0. The second-order valence-electron chi connectivity index (χ2n) is 7.61. The summed E-state index contributed by atoms with van der Waals surface area (Å²) in [7, 11) is 0. The molecular weight excluding hydrogens is 322 g/mol. The van der Waals surface area contributed by atoms with Gasteiger partial charge in [0, 0.05) is 6.54 Å². The Hall–Kier alpha value is -1.79. The predicted molar refractivity (Wildman–Crippen MR) is 95.5 cm³/mol. The average Bonchev–Trinajstić information content (AvgIpc) is 3.01. The predicted octanol–water partition coefficient (Wildman–Crippen LogP) is 3.63. The summed E-state index contributed by atoms with van der Waals surface area (Å²) in [6.45, 7) is 10.5. The van der Waals surface area contributed by atoms with E-state index in [1.807, 2.05) is 18.7 Å². The molecule has 0 bridgehead atoms. The maximum absolute atomic E-state index is 12.4. The van der Waals surface area contributed by atoms with Gasteiger partial charge in [-0.1, -0.05) is 40.5 Å². The van der Waals surface area contributed by atoms with E-state index in [2.05, 4.69) is 18.8 Å². The number of nitrogens with zero attached hydrogens (tertiary/aromatic N) is 3. The van der Waals surface area contributed by atoms with E-state index in [0.717, 1.165) is 38.6 Å². The van der Waals surface area contributed by atoms with E-state index in [9.17, 15) is 9.59 Å². The van der Waals surface area contributed by atoms with Gasteiger partial charge in [0.2, 0.25) is 5.96 Å². The maximum Gasteiger partial charge on any atom is 0.436 e. The molecule has 1 atom stereocenters. The molecule has 0 aromatic heterocycles. The first-order valence-corrected chi connectivity index (χ1v) is 9.34. The second kappa shape index (κ2) is 8.54. The molecule has 0 aliphatic carbocycles. The van der Waals surface area contributed by atoms with Gasteiger partial charge in [-0.05, 0) is 24.7 Å². The number of hydrogen-bond acceptors (Lipinski definition) is 4. The van der Waals surface area contributed by atoms with Crippen LogP contribution in [0.3, 0.4) is 0 Å². The van der Waals surface area contributed by atoms with Crippen molar-refractivity contribution >= 4 is 18.1 Å². The van der Waals surface area contributed by atoms with Gasteiger partial charge < -0.3 is 14.4 Å². The van der Waals surface area contributed by atoms with E-state index < -0.39 is 12.2 Å². The van der Waals surface area contributed by atoms with E-state index in [1.165, 1.54) is 4.90 Å². The van der Waals surface area contributed by atoms with E-state index in [1.54, 1.807) is 0 Å². The minimum Gasteiger partial charge on any atom is -0.449 e. The molecule has 25 heavy (non-hydrogen) atoms. The summed E-state index contributed by atoms with van der Waals surface area (Å²) in [5, 5.41) is 0. The molecule has 2 amide bonds. The molecule has 1 unspecified atom stereocenters. The molecule has 2 heterocycles. The highest BCUT2D eigenvalue weighted by atomic mass is 16.6. The Morgan fingerprint density at radius 1 is 1.16 bits per heavy atom. The molecule has 2 aliphatic rings. The number of aliphatic imine (C=N–C) groups is 1. The van der Waals surface area contributed by atoms with Crippen LogP contribution in [0.1, 0.15) is 59.8 Å². The summed E-state index contributed by atoms with van der Waals surface area (Å²) in [5.74, 6) is 0.374. The molecule has 2 aliphatic heterocycles. The lowest BCUT2D eigenvalue weighted by atomic mass is 9.90. The van der Waals surface area contributed by atoms with Crippen molar-refractivity contribution in [1.82, 2.24) is 9.80 Å². The number of carbonyl (C=O) groups is 2. The van der Waals surface area contributed by atoms with Gasteiger partial charge in [0.25, 0.3) is 0 Å². The third-order valence-corrected chi connectivity index (χ3v) is 4.58. The topological polar surface area (TPSA) is 71.4 Å². The molecule has 0 N–H and O–H groups in total. The van der Waals surface area contributed by atoms with Crippen LogP contribution in [-0.4, -0.2) is 60.3 Å². The summed E-state index contributed by atoms with van der Waals surface area (Å²) >= 11 is 0. The van der Waals surface area contributed by atoms with Gasteiger partial charge in [-0.25, -0.2) is 14.5 Å².